The molecule has 0 aliphatic rings. The van der Waals surface area contributed by atoms with Crippen molar-refractivity contribution in [3.63, 3.8) is 0 Å². The Bertz CT molecular complexity index is 534. The molecule has 16 heavy (non-hydrogen) atoms. The Kier molecular flexibility index (Phi) is 3.88. The molecule has 0 fully saturated rings. The molecule has 0 heterocycles. The van der Waals surface area contributed by atoms with Crippen molar-refractivity contribution in [1.82, 2.24) is 0 Å². The van der Waals surface area contributed by atoms with Crippen LogP contribution in [0, 0.1) is 0 Å². The van der Waals surface area contributed by atoms with Gasteiger partial charge in [-0.15, -0.1) is 6.58 Å². The van der Waals surface area contributed by atoms with E-state index >= 15 is 0 Å². The summed E-state index contributed by atoms with van der Waals surface area (Å²) in [7, 11) is -3.49. The molecular formula is C10H9BrO4S. The largest absolute Gasteiger partial charge is 0.478 e. The van der Waals surface area contributed by atoms with Gasteiger partial charge in [-0.25, -0.2) is 13.2 Å². The molecule has 0 aliphatic carbocycles. The second-order valence-electron chi connectivity index (χ2n) is 3.02. The molecule has 0 saturated carbocycles. The first kappa shape index (κ1) is 12.9. The second kappa shape index (κ2) is 4.80. The third-order valence-corrected chi connectivity index (χ3v) is 4.20. The molecule has 0 unspecified atom stereocenters. The van der Waals surface area contributed by atoms with Crippen LogP contribution in [0.2, 0.25) is 0 Å². The molecular weight excluding hydrogens is 296 g/mol. The molecule has 4 nitrogen and oxygen atoms in total. The van der Waals surface area contributed by atoms with E-state index in [9.17, 15) is 13.2 Å². The minimum atomic E-state index is -3.49. The minimum absolute atomic E-state index is 0.0204. The van der Waals surface area contributed by atoms with Crippen LogP contribution >= 0.6 is 15.9 Å². The summed E-state index contributed by atoms with van der Waals surface area (Å²) < 4.78 is 23.6. The molecule has 0 bridgehead atoms. The number of aromatic carboxylic acids is 1. The number of hydrogen-bond acceptors (Lipinski definition) is 3. The zero-order chi connectivity index (χ0) is 12.3. The van der Waals surface area contributed by atoms with E-state index in [4.69, 9.17) is 5.11 Å². The lowest BCUT2D eigenvalue weighted by Gasteiger charge is -2.04. The molecule has 1 N–H and O–H groups in total. The molecule has 1 rings (SSSR count). The highest BCUT2D eigenvalue weighted by molar-refractivity contribution is 9.10. The third kappa shape index (κ3) is 2.70. The smallest absolute Gasteiger partial charge is 0.336 e. The van der Waals surface area contributed by atoms with Gasteiger partial charge in [0.1, 0.15) is 0 Å². The predicted molar refractivity (Wildman–Crippen MR) is 63.4 cm³/mol. The average molecular weight is 305 g/mol. The highest BCUT2D eigenvalue weighted by Crippen LogP contribution is 2.21. The quantitative estimate of drug-likeness (QED) is 0.865. The fourth-order valence-corrected chi connectivity index (χ4v) is 2.60. The number of halogens is 1. The standard InChI is InChI=1S/C10H9BrO4S/c1-2-5-16(14,15)7-3-4-9(11)8(6-7)10(12)13/h2-4,6H,1,5H2,(H,12,13). The molecule has 1 aromatic rings. The van der Waals surface area contributed by atoms with Crippen LogP contribution in [0.15, 0.2) is 40.2 Å². The van der Waals surface area contributed by atoms with Crippen molar-refractivity contribution in [2.45, 2.75) is 4.90 Å². The van der Waals surface area contributed by atoms with E-state index in [0.717, 1.165) is 6.07 Å². The number of carboxylic acids is 1. The van der Waals surface area contributed by atoms with Crippen molar-refractivity contribution in [2.75, 3.05) is 5.75 Å². The molecule has 0 aliphatic heterocycles. The van der Waals surface area contributed by atoms with Crippen LogP contribution in [0.3, 0.4) is 0 Å². The van der Waals surface area contributed by atoms with Crippen LogP contribution in [0.4, 0.5) is 0 Å². The van der Waals surface area contributed by atoms with E-state index in [-0.39, 0.29) is 16.2 Å². The van der Waals surface area contributed by atoms with Gasteiger partial charge < -0.3 is 5.11 Å². The number of sulfone groups is 1. The van der Waals surface area contributed by atoms with Crippen molar-refractivity contribution in [1.29, 1.82) is 0 Å². The van der Waals surface area contributed by atoms with E-state index in [1.54, 1.807) is 0 Å². The predicted octanol–water partition coefficient (Wildman–Crippen LogP) is 2.11. The van der Waals surface area contributed by atoms with E-state index in [0.29, 0.717) is 4.47 Å². The van der Waals surface area contributed by atoms with Gasteiger partial charge in [-0.2, -0.15) is 0 Å². The Balaban J connectivity index is 3.33. The molecule has 0 atom stereocenters. The summed E-state index contributed by atoms with van der Waals surface area (Å²) in [6, 6.07) is 3.89. The molecule has 0 aromatic heterocycles. The lowest BCUT2D eigenvalue weighted by Crippen LogP contribution is -2.07. The summed E-state index contributed by atoms with van der Waals surface area (Å²) in [6.45, 7) is 3.34. The second-order valence-corrected chi connectivity index (χ2v) is 5.91. The summed E-state index contributed by atoms with van der Waals surface area (Å²) >= 11 is 3.04. The van der Waals surface area contributed by atoms with E-state index in [1.165, 1.54) is 18.2 Å². The van der Waals surface area contributed by atoms with Gasteiger partial charge >= 0.3 is 5.97 Å². The Labute approximate surface area is 102 Å². The van der Waals surface area contributed by atoms with Gasteiger partial charge in [0.25, 0.3) is 0 Å². The fraction of sp³-hybridized carbons (Fsp3) is 0.100. The van der Waals surface area contributed by atoms with Crippen molar-refractivity contribution in [3.05, 3.63) is 40.9 Å². The number of carboxylic acid groups (broad SMARTS) is 1. The van der Waals surface area contributed by atoms with Gasteiger partial charge in [0, 0.05) is 4.47 Å². The molecule has 1 aromatic carbocycles. The van der Waals surface area contributed by atoms with E-state index in [2.05, 4.69) is 22.5 Å². The summed E-state index contributed by atoms with van der Waals surface area (Å²) in [5, 5.41) is 8.84. The summed E-state index contributed by atoms with van der Waals surface area (Å²) in [6.07, 6.45) is 1.26. The van der Waals surface area contributed by atoms with Crippen LogP contribution < -0.4 is 0 Å². The van der Waals surface area contributed by atoms with Gasteiger partial charge in [0.05, 0.1) is 16.2 Å². The van der Waals surface area contributed by atoms with Crippen LogP contribution in [0.5, 0.6) is 0 Å². The lowest BCUT2D eigenvalue weighted by molar-refractivity contribution is 0.0695. The molecule has 6 heteroatoms. The zero-order valence-corrected chi connectivity index (χ0v) is 10.6. The van der Waals surface area contributed by atoms with Gasteiger partial charge in [-0.05, 0) is 34.1 Å². The Morgan fingerprint density at radius 1 is 1.50 bits per heavy atom. The van der Waals surface area contributed by atoms with Crippen LogP contribution in [0.1, 0.15) is 10.4 Å². The van der Waals surface area contributed by atoms with Crippen molar-refractivity contribution in [3.8, 4) is 0 Å². The monoisotopic (exact) mass is 304 g/mol. The first-order valence-corrected chi connectivity index (χ1v) is 6.69. The summed E-state index contributed by atoms with van der Waals surface area (Å²) in [5.41, 5.74) is -0.0786. The van der Waals surface area contributed by atoms with E-state index < -0.39 is 15.8 Å². The maximum atomic E-state index is 11.6. The van der Waals surface area contributed by atoms with Gasteiger partial charge in [0.2, 0.25) is 0 Å². The van der Waals surface area contributed by atoms with Gasteiger partial charge in [-0.1, -0.05) is 6.08 Å². The SMILES string of the molecule is C=CCS(=O)(=O)c1ccc(Br)c(C(=O)O)c1. The van der Waals surface area contributed by atoms with Crippen molar-refractivity contribution in [2.24, 2.45) is 0 Å². The minimum Gasteiger partial charge on any atom is -0.478 e. The zero-order valence-electron chi connectivity index (χ0n) is 8.18. The summed E-state index contributed by atoms with van der Waals surface area (Å²) in [5.74, 6) is -1.39. The fourth-order valence-electron chi connectivity index (χ4n) is 1.11. The molecule has 0 amide bonds. The number of carbonyl (C=O) groups is 1. The third-order valence-electron chi connectivity index (χ3n) is 1.86. The first-order valence-electron chi connectivity index (χ1n) is 4.25. The van der Waals surface area contributed by atoms with Crippen molar-refractivity contribution < 1.29 is 18.3 Å². The molecule has 0 spiro atoms. The molecule has 86 valence electrons. The summed E-state index contributed by atoms with van der Waals surface area (Å²) in [4.78, 5) is 10.8. The maximum Gasteiger partial charge on any atom is 0.336 e. The topological polar surface area (TPSA) is 71.4 Å². The van der Waals surface area contributed by atoms with Gasteiger partial charge in [0.15, 0.2) is 9.84 Å². The van der Waals surface area contributed by atoms with Crippen molar-refractivity contribution >= 4 is 31.7 Å². The Hall–Kier alpha value is -1.14. The first-order chi connectivity index (χ1) is 7.38. The number of hydrogen-bond donors (Lipinski definition) is 1. The Morgan fingerprint density at radius 3 is 2.62 bits per heavy atom. The van der Waals surface area contributed by atoms with Crippen LogP contribution in [-0.2, 0) is 9.84 Å². The van der Waals surface area contributed by atoms with E-state index in [1.807, 2.05) is 0 Å². The molecule has 0 radical (unpaired) electrons. The Morgan fingerprint density at radius 2 is 2.12 bits per heavy atom. The normalized spacial score (nSPS) is 11.1. The van der Waals surface area contributed by atoms with Crippen LogP contribution in [-0.4, -0.2) is 25.2 Å². The maximum absolute atomic E-state index is 11.6. The average Bonchev–Trinajstić information content (AvgIpc) is 2.17. The number of benzene rings is 1. The highest BCUT2D eigenvalue weighted by Gasteiger charge is 2.16. The number of rotatable bonds is 4. The lowest BCUT2D eigenvalue weighted by atomic mass is 10.2. The molecule has 0 saturated heterocycles. The highest BCUT2D eigenvalue weighted by atomic mass is 79.9. The van der Waals surface area contributed by atoms with Crippen LogP contribution in [0.25, 0.3) is 0 Å². The van der Waals surface area contributed by atoms with Gasteiger partial charge in [-0.3, -0.25) is 0 Å².